The number of nitrogens with zero attached hydrogens (tertiary/aromatic N) is 5. The van der Waals surface area contributed by atoms with Crippen LogP contribution in [0.5, 0.6) is 0 Å². The van der Waals surface area contributed by atoms with Crippen LogP contribution in [0.4, 0.5) is 17.1 Å². The van der Waals surface area contributed by atoms with Gasteiger partial charge in [-0.25, -0.2) is 19.2 Å². The third-order valence-corrected chi connectivity index (χ3v) is 10.4. The first-order valence-electron chi connectivity index (χ1n) is 14.9. The number of aryl methyl sites for hydroxylation is 1. The number of fused-ring (bicyclic) bond motifs is 1. The van der Waals surface area contributed by atoms with E-state index in [-0.39, 0.29) is 25.5 Å². The number of sulfonamides is 1. The van der Waals surface area contributed by atoms with Crippen LogP contribution in [-0.2, 0) is 32.6 Å². The van der Waals surface area contributed by atoms with Crippen LogP contribution in [0.2, 0.25) is 0 Å². The Morgan fingerprint density at radius 2 is 1.89 bits per heavy atom. The molecular weight excluding hydrogens is 590 g/mol. The number of aromatic nitrogens is 2. The van der Waals surface area contributed by atoms with Crippen LogP contribution < -0.4 is 21.5 Å². The SMILES string of the molecule is Cc1ccc(C(CC(=O)OCCn2ccnc2)c2ccc(N(C)N)c(N)c2C)cc1CN1CCN(C)c2ccccc2S1(=O)=O. The predicted molar refractivity (Wildman–Crippen MR) is 176 cm³/mol. The van der Waals surface area contributed by atoms with E-state index in [1.54, 1.807) is 31.7 Å². The highest BCUT2D eigenvalue weighted by molar-refractivity contribution is 7.89. The number of nitrogen functional groups attached to an aromatic ring is 1. The first-order chi connectivity index (χ1) is 21.5. The molecule has 0 fully saturated rings. The number of anilines is 3. The molecule has 5 rings (SSSR count). The summed E-state index contributed by atoms with van der Waals surface area (Å²) >= 11 is 0. The number of imidazole rings is 1. The molecule has 12 heteroatoms. The maximum atomic E-state index is 13.8. The van der Waals surface area contributed by atoms with Gasteiger partial charge in [-0.05, 0) is 59.9 Å². The van der Waals surface area contributed by atoms with Crippen LogP contribution in [0.1, 0.15) is 40.2 Å². The highest BCUT2D eigenvalue weighted by atomic mass is 32.2. The number of ether oxygens (including phenoxy) is 1. The van der Waals surface area contributed by atoms with Crippen LogP contribution in [0.15, 0.2) is 78.2 Å². The van der Waals surface area contributed by atoms with Gasteiger partial charge in [0.05, 0.1) is 36.4 Å². The van der Waals surface area contributed by atoms with Crippen molar-refractivity contribution in [2.75, 3.05) is 49.4 Å². The Hall–Kier alpha value is -4.39. The lowest BCUT2D eigenvalue weighted by Crippen LogP contribution is -2.33. The van der Waals surface area contributed by atoms with Crippen molar-refractivity contribution in [3.63, 3.8) is 0 Å². The number of carbonyl (C=O) groups is 1. The highest BCUT2D eigenvalue weighted by Gasteiger charge is 2.32. The molecule has 0 bridgehead atoms. The number of hydrazine groups is 1. The van der Waals surface area contributed by atoms with Crippen LogP contribution in [0.3, 0.4) is 0 Å². The van der Waals surface area contributed by atoms with Gasteiger partial charge in [0, 0.05) is 52.0 Å². The van der Waals surface area contributed by atoms with Crippen molar-refractivity contribution in [2.45, 2.75) is 44.2 Å². The van der Waals surface area contributed by atoms with Crippen molar-refractivity contribution in [3.05, 3.63) is 101 Å². The van der Waals surface area contributed by atoms with Crippen LogP contribution in [0, 0.1) is 13.8 Å². The first-order valence-corrected chi connectivity index (χ1v) is 16.3. The molecule has 45 heavy (non-hydrogen) atoms. The number of esters is 1. The van der Waals surface area contributed by atoms with Gasteiger partial charge < -0.3 is 24.9 Å². The van der Waals surface area contributed by atoms with Gasteiger partial charge in [0.15, 0.2) is 0 Å². The number of benzene rings is 3. The lowest BCUT2D eigenvalue weighted by Gasteiger charge is -2.25. The summed E-state index contributed by atoms with van der Waals surface area (Å²) in [4.78, 5) is 19.5. The van der Waals surface area contributed by atoms with Gasteiger partial charge in [-0.15, -0.1) is 0 Å². The van der Waals surface area contributed by atoms with Gasteiger partial charge in [-0.3, -0.25) is 4.79 Å². The van der Waals surface area contributed by atoms with Crippen molar-refractivity contribution in [1.29, 1.82) is 0 Å². The van der Waals surface area contributed by atoms with Crippen LogP contribution in [0.25, 0.3) is 0 Å². The van der Waals surface area contributed by atoms with Gasteiger partial charge >= 0.3 is 5.97 Å². The largest absolute Gasteiger partial charge is 0.464 e. The quantitative estimate of drug-likeness (QED) is 0.116. The molecule has 1 unspecified atom stereocenters. The van der Waals surface area contributed by atoms with Crippen LogP contribution >= 0.6 is 0 Å². The molecule has 0 radical (unpaired) electrons. The smallest absolute Gasteiger partial charge is 0.306 e. The van der Waals surface area contributed by atoms with Crippen molar-refractivity contribution in [2.24, 2.45) is 5.84 Å². The minimum Gasteiger partial charge on any atom is -0.464 e. The molecule has 0 saturated carbocycles. The monoisotopic (exact) mass is 631 g/mol. The molecule has 0 aliphatic carbocycles. The highest BCUT2D eigenvalue weighted by Crippen LogP contribution is 2.38. The Bertz CT molecular complexity index is 1770. The summed E-state index contributed by atoms with van der Waals surface area (Å²) in [5, 5.41) is 1.46. The Morgan fingerprint density at radius 1 is 1.11 bits per heavy atom. The normalized spacial score (nSPS) is 15.3. The molecule has 1 aromatic heterocycles. The van der Waals surface area contributed by atoms with Crippen molar-refractivity contribution in [3.8, 4) is 0 Å². The Morgan fingerprint density at radius 3 is 2.62 bits per heavy atom. The second kappa shape index (κ2) is 13.3. The van der Waals surface area contributed by atoms with E-state index in [1.807, 2.05) is 79.0 Å². The lowest BCUT2D eigenvalue weighted by molar-refractivity contribution is -0.144. The van der Waals surface area contributed by atoms with Crippen molar-refractivity contribution < 1.29 is 17.9 Å². The summed E-state index contributed by atoms with van der Waals surface area (Å²) in [6.45, 7) is 5.69. The molecule has 2 heterocycles. The van der Waals surface area contributed by atoms with Crippen molar-refractivity contribution >= 4 is 33.1 Å². The van der Waals surface area contributed by atoms with E-state index in [0.29, 0.717) is 41.6 Å². The fraction of sp³-hybridized carbons (Fsp3) is 0.333. The number of nitrogens with two attached hydrogens (primary N) is 2. The van der Waals surface area contributed by atoms with Gasteiger partial charge in [0.2, 0.25) is 10.0 Å². The summed E-state index contributed by atoms with van der Waals surface area (Å²) in [5.74, 6) is 5.27. The molecule has 238 valence electrons. The van der Waals surface area contributed by atoms with Gasteiger partial charge in [0.1, 0.15) is 11.5 Å². The number of rotatable bonds is 10. The van der Waals surface area contributed by atoms with E-state index in [4.69, 9.17) is 16.3 Å². The summed E-state index contributed by atoms with van der Waals surface area (Å²) < 4.78 is 36.7. The summed E-state index contributed by atoms with van der Waals surface area (Å²) in [6, 6.07) is 16.9. The molecule has 1 aliphatic rings. The zero-order chi connectivity index (χ0) is 32.3. The molecule has 1 atom stereocenters. The number of carbonyl (C=O) groups excluding carboxylic acids is 1. The molecule has 4 N–H and O–H groups in total. The molecule has 3 aromatic carbocycles. The number of hydrogen-bond donors (Lipinski definition) is 2. The van der Waals surface area contributed by atoms with E-state index in [2.05, 4.69) is 4.98 Å². The molecule has 4 aromatic rings. The average Bonchev–Trinajstić information content (AvgIpc) is 3.51. The molecule has 11 nitrogen and oxygen atoms in total. The second-order valence-corrected chi connectivity index (χ2v) is 13.4. The van der Waals surface area contributed by atoms with E-state index in [9.17, 15) is 13.2 Å². The average molecular weight is 632 g/mol. The maximum absolute atomic E-state index is 13.8. The first kappa shape index (κ1) is 32.0. The molecule has 0 amide bonds. The lowest BCUT2D eigenvalue weighted by atomic mass is 9.84. The third kappa shape index (κ3) is 6.82. The Labute approximate surface area is 265 Å². The van der Waals surface area contributed by atoms with E-state index in [0.717, 1.165) is 27.8 Å². The van der Waals surface area contributed by atoms with E-state index < -0.39 is 15.9 Å². The second-order valence-electron chi connectivity index (χ2n) is 11.5. The summed E-state index contributed by atoms with van der Waals surface area (Å²) in [5.41, 5.74) is 12.8. The van der Waals surface area contributed by atoms with Gasteiger partial charge in [-0.1, -0.05) is 36.4 Å². The minimum absolute atomic E-state index is 0.0741. The predicted octanol–water partition coefficient (Wildman–Crippen LogP) is 3.80. The third-order valence-electron chi connectivity index (χ3n) is 8.53. The number of likely N-dealkylation sites (N-methyl/N-ethyl adjacent to an activating group) is 1. The van der Waals surface area contributed by atoms with E-state index >= 15 is 0 Å². The van der Waals surface area contributed by atoms with Gasteiger partial charge in [-0.2, -0.15) is 4.31 Å². The Balaban J connectivity index is 1.48. The topological polar surface area (TPSA) is 140 Å². The zero-order valence-electron chi connectivity index (χ0n) is 26.2. The molecule has 1 aliphatic heterocycles. The maximum Gasteiger partial charge on any atom is 0.306 e. The number of hydrogen-bond acceptors (Lipinski definition) is 9. The molecule has 0 spiro atoms. The minimum atomic E-state index is -3.75. The number of para-hydroxylation sites is 1. The van der Waals surface area contributed by atoms with E-state index in [1.165, 1.54) is 9.31 Å². The summed E-state index contributed by atoms with van der Waals surface area (Å²) in [6.07, 6.45) is 5.24. The fourth-order valence-electron chi connectivity index (χ4n) is 5.80. The summed E-state index contributed by atoms with van der Waals surface area (Å²) in [7, 11) is -0.119. The van der Waals surface area contributed by atoms with Crippen molar-refractivity contribution in [1.82, 2.24) is 13.9 Å². The van der Waals surface area contributed by atoms with Gasteiger partial charge in [0.25, 0.3) is 0 Å². The molecular formula is C33H41N7O4S. The molecule has 0 saturated heterocycles. The Kier molecular flexibility index (Phi) is 9.47. The zero-order valence-corrected chi connectivity index (χ0v) is 27.0. The van der Waals surface area contributed by atoms with Crippen LogP contribution in [-0.4, -0.2) is 62.0 Å². The standard InChI is InChI=1S/C33H41N7O4S/c1-23-9-10-25(19-26(23)21-40-16-15-37(3)29-7-5-6-8-31(29)45(40,42)43)28(20-32(41)44-18-17-39-14-13-36-22-39)27-11-12-30(38(4)35)33(34)24(27)2/h5-14,19,22,28H,15-18,20-21,34-35H2,1-4H3. The fourth-order valence-corrected chi connectivity index (χ4v) is 7.45.